The number of sulfone groups is 1. The van der Waals surface area contributed by atoms with Crippen molar-refractivity contribution in [3.8, 4) is 11.5 Å². The van der Waals surface area contributed by atoms with Crippen molar-refractivity contribution in [3.05, 3.63) is 48.5 Å². The number of nitrogens with one attached hydrogen (secondary N) is 1. The summed E-state index contributed by atoms with van der Waals surface area (Å²) < 4.78 is 34.8. The third-order valence-corrected chi connectivity index (χ3v) is 8.58. The summed E-state index contributed by atoms with van der Waals surface area (Å²) in [4.78, 5) is 29.8. The van der Waals surface area contributed by atoms with Crippen molar-refractivity contribution in [2.75, 3.05) is 48.1 Å². The molecule has 0 aromatic heterocycles. The highest BCUT2D eigenvalue weighted by atomic mass is 32.2. The fraction of sp³-hybridized carbons (Fsp3) is 0.440. The predicted octanol–water partition coefficient (Wildman–Crippen LogP) is 2.29. The molecular weight excluding hydrogens is 470 g/mol. The van der Waals surface area contributed by atoms with Crippen LogP contribution in [-0.4, -0.2) is 69.1 Å². The Hall–Kier alpha value is -3.11. The Bertz CT molecular complexity index is 1190. The van der Waals surface area contributed by atoms with Gasteiger partial charge in [0.05, 0.1) is 24.1 Å². The summed E-state index contributed by atoms with van der Waals surface area (Å²) in [6.07, 6.45) is 1.74. The van der Waals surface area contributed by atoms with E-state index in [1.165, 1.54) is 0 Å². The van der Waals surface area contributed by atoms with E-state index in [0.29, 0.717) is 49.5 Å². The average molecular weight is 500 g/mol. The van der Waals surface area contributed by atoms with E-state index >= 15 is 0 Å². The second kappa shape index (κ2) is 9.87. The van der Waals surface area contributed by atoms with Gasteiger partial charge in [-0.25, -0.2) is 8.42 Å². The van der Waals surface area contributed by atoms with Crippen LogP contribution < -0.4 is 19.7 Å². The Kier molecular flexibility index (Phi) is 6.66. The molecule has 1 atom stereocenters. The summed E-state index contributed by atoms with van der Waals surface area (Å²) in [5.74, 6) is 1.10. The molecule has 0 unspecified atom stereocenters. The van der Waals surface area contributed by atoms with Crippen LogP contribution in [0, 0.1) is 5.92 Å². The summed E-state index contributed by atoms with van der Waals surface area (Å²) in [5.41, 5.74) is 1.39. The number of likely N-dealkylation sites (tertiary alicyclic amines) is 1. The third-order valence-electron chi connectivity index (χ3n) is 6.83. The van der Waals surface area contributed by atoms with Gasteiger partial charge in [-0.15, -0.1) is 0 Å². The Balaban J connectivity index is 1.17. The molecule has 2 saturated heterocycles. The molecule has 2 fully saturated rings. The second-order valence-corrected chi connectivity index (χ2v) is 11.5. The number of carbonyl (C=O) groups is 2. The van der Waals surface area contributed by atoms with Crippen LogP contribution in [0.1, 0.15) is 19.3 Å². The molecule has 0 spiro atoms. The minimum atomic E-state index is -3.13. The SMILES string of the molecule is O=C(Nc1ccc2c(c1)OCO2)C1CCN(CC(=O)N(c2ccccc2)[C@H]2CCS(=O)(=O)C2)CC1. The molecule has 0 aliphatic carbocycles. The van der Waals surface area contributed by atoms with Gasteiger partial charge >= 0.3 is 0 Å². The first-order valence-corrected chi connectivity index (χ1v) is 13.7. The van der Waals surface area contributed by atoms with E-state index in [-0.39, 0.29) is 48.6 Å². The molecule has 10 heteroatoms. The number of carbonyl (C=O) groups excluding carboxylic acids is 2. The van der Waals surface area contributed by atoms with E-state index in [9.17, 15) is 18.0 Å². The number of anilines is 2. The number of ether oxygens (including phenoxy) is 2. The minimum absolute atomic E-state index is 0.00423. The zero-order chi connectivity index (χ0) is 24.4. The van der Waals surface area contributed by atoms with Crippen molar-refractivity contribution in [3.63, 3.8) is 0 Å². The van der Waals surface area contributed by atoms with Crippen molar-refractivity contribution in [1.82, 2.24) is 4.90 Å². The van der Waals surface area contributed by atoms with E-state index in [1.807, 2.05) is 35.2 Å². The van der Waals surface area contributed by atoms with Crippen molar-refractivity contribution < 1.29 is 27.5 Å². The quantitative estimate of drug-likeness (QED) is 0.650. The van der Waals surface area contributed by atoms with Crippen LogP contribution in [0.4, 0.5) is 11.4 Å². The molecule has 0 bridgehead atoms. The number of para-hydroxylation sites is 1. The van der Waals surface area contributed by atoms with Gasteiger partial charge in [0.1, 0.15) is 0 Å². The number of piperidine rings is 1. The van der Waals surface area contributed by atoms with Crippen molar-refractivity contribution >= 4 is 33.0 Å². The molecule has 2 aromatic rings. The Morgan fingerprint density at radius 3 is 2.46 bits per heavy atom. The maximum absolute atomic E-state index is 13.3. The van der Waals surface area contributed by atoms with Gasteiger partial charge in [-0.3, -0.25) is 14.5 Å². The van der Waals surface area contributed by atoms with Crippen molar-refractivity contribution in [2.45, 2.75) is 25.3 Å². The lowest BCUT2D eigenvalue weighted by Crippen LogP contribution is -2.48. The van der Waals surface area contributed by atoms with Gasteiger partial charge in [-0.1, -0.05) is 18.2 Å². The largest absolute Gasteiger partial charge is 0.454 e. The molecule has 186 valence electrons. The molecule has 0 saturated carbocycles. The van der Waals surface area contributed by atoms with Crippen molar-refractivity contribution in [1.29, 1.82) is 0 Å². The lowest BCUT2D eigenvalue weighted by molar-refractivity contribution is -0.122. The summed E-state index contributed by atoms with van der Waals surface area (Å²) in [6.45, 7) is 1.62. The maximum atomic E-state index is 13.3. The first-order chi connectivity index (χ1) is 16.9. The topological polar surface area (TPSA) is 105 Å². The Labute approximate surface area is 204 Å². The van der Waals surface area contributed by atoms with Crippen LogP contribution in [0.3, 0.4) is 0 Å². The summed E-state index contributed by atoms with van der Waals surface area (Å²) in [7, 11) is -3.13. The number of benzene rings is 2. The van der Waals surface area contributed by atoms with Crippen LogP contribution >= 0.6 is 0 Å². The molecular formula is C25H29N3O6S. The molecule has 3 heterocycles. The Morgan fingerprint density at radius 2 is 1.74 bits per heavy atom. The first-order valence-electron chi connectivity index (χ1n) is 11.9. The Morgan fingerprint density at radius 1 is 1.00 bits per heavy atom. The number of fused-ring (bicyclic) bond motifs is 1. The molecule has 35 heavy (non-hydrogen) atoms. The lowest BCUT2D eigenvalue weighted by atomic mass is 9.95. The fourth-order valence-electron chi connectivity index (χ4n) is 4.97. The highest BCUT2D eigenvalue weighted by molar-refractivity contribution is 7.91. The zero-order valence-corrected chi connectivity index (χ0v) is 20.2. The zero-order valence-electron chi connectivity index (χ0n) is 19.4. The standard InChI is InChI=1S/C25H29N3O6S/c29-24(28(20-4-2-1-3-5-20)21-10-13-35(31,32)16-21)15-27-11-8-18(9-12-27)25(30)26-19-6-7-22-23(14-19)34-17-33-22/h1-7,14,18,21H,8-13,15-17H2,(H,26,30)/t21-/m0/s1. The highest BCUT2D eigenvalue weighted by Crippen LogP contribution is 2.34. The molecule has 3 aliphatic heterocycles. The van der Waals surface area contributed by atoms with E-state index in [0.717, 1.165) is 5.69 Å². The van der Waals surface area contributed by atoms with Crippen LogP contribution in [-0.2, 0) is 19.4 Å². The normalized spacial score (nSPS) is 21.5. The molecule has 2 amide bonds. The predicted molar refractivity (Wildman–Crippen MR) is 131 cm³/mol. The van der Waals surface area contributed by atoms with E-state index < -0.39 is 9.84 Å². The van der Waals surface area contributed by atoms with Crippen LogP contribution in [0.15, 0.2) is 48.5 Å². The van der Waals surface area contributed by atoms with Gasteiger partial charge in [0.25, 0.3) is 0 Å². The van der Waals surface area contributed by atoms with Gasteiger partial charge < -0.3 is 19.7 Å². The minimum Gasteiger partial charge on any atom is -0.454 e. The van der Waals surface area contributed by atoms with Crippen LogP contribution in [0.2, 0.25) is 0 Å². The summed E-state index contributed by atoms with van der Waals surface area (Å²) in [6, 6.07) is 14.2. The highest BCUT2D eigenvalue weighted by Gasteiger charge is 2.36. The van der Waals surface area contributed by atoms with Crippen LogP contribution in [0.25, 0.3) is 0 Å². The molecule has 0 radical (unpaired) electrons. The molecule has 2 aromatic carbocycles. The third kappa shape index (κ3) is 5.43. The smallest absolute Gasteiger partial charge is 0.241 e. The summed E-state index contributed by atoms with van der Waals surface area (Å²) >= 11 is 0. The molecule has 1 N–H and O–H groups in total. The number of rotatable bonds is 6. The van der Waals surface area contributed by atoms with Gasteiger partial charge in [0.15, 0.2) is 21.3 Å². The first kappa shape index (κ1) is 23.6. The van der Waals surface area contributed by atoms with Gasteiger partial charge in [-0.2, -0.15) is 0 Å². The number of hydrogen-bond donors (Lipinski definition) is 1. The number of amides is 2. The second-order valence-electron chi connectivity index (χ2n) is 9.26. The van der Waals surface area contributed by atoms with E-state index in [4.69, 9.17) is 9.47 Å². The molecule has 9 nitrogen and oxygen atoms in total. The monoisotopic (exact) mass is 499 g/mol. The number of nitrogens with zero attached hydrogens (tertiary/aromatic N) is 2. The summed E-state index contributed by atoms with van der Waals surface area (Å²) in [5, 5.41) is 2.96. The van der Waals surface area contributed by atoms with Gasteiger partial charge in [0, 0.05) is 23.4 Å². The average Bonchev–Trinajstić information content (AvgIpc) is 3.46. The fourth-order valence-corrected chi connectivity index (χ4v) is 6.67. The molecule has 3 aliphatic rings. The van der Waals surface area contributed by atoms with E-state index in [2.05, 4.69) is 5.32 Å². The van der Waals surface area contributed by atoms with Gasteiger partial charge in [-0.05, 0) is 56.6 Å². The van der Waals surface area contributed by atoms with E-state index in [1.54, 1.807) is 23.1 Å². The maximum Gasteiger partial charge on any atom is 0.241 e. The number of hydrogen-bond acceptors (Lipinski definition) is 7. The van der Waals surface area contributed by atoms with Crippen LogP contribution in [0.5, 0.6) is 11.5 Å². The van der Waals surface area contributed by atoms with Crippen molar-refractivity contribution in [2.24, 2.45) is 5.92 Å². The molecule has 5 rings (SSSR count). The lowest BCUT2D eigenvalue weighted by Gasteiger charge is -2.34. The van der Waals surface area contributed by atoms with Gasteiger partial charge in [0.2, 0.25) is 18.6 Å².